The number of hydrogen-bond acceptors (Lipinski definition) is 4. The van der Waals surface area contributed by atoms with Crippen LogP contribution in [0.15, 0.2) is 30.3 Å². The highest BCUT2D eigenvalue weighted by Crippen LogP contribution is 2.20. The Morgan fingerprint density at radius 1 is 1.50 bits per heavy atom. The van der Waals surface area contributed by atoms with Crippen LogP contribution in [0.25, 0.3) is 0 Å². The van der Waals surface area contributed by atoms with Crippen molar-refractivity contribution in [1.82, 2.24) is 5.32 Å². The molecule has 0 radical (unpaired) electrons. The number of methoxy groups -OCH3 is 1. The van der Waals surface area contributed by atoms with Crippen LogP contribution in [0.3, 0.4) is 0 Å². The predicted molar refractivity (Wildman–Crippen MR) is 74.9 cm³/mol. The summed E-state index contributed by atoms with van der Waals surface area (Å²) < 4.78 is 4.90. The summed E-state index contributed by atoms with van der Waals surface area (Å²) in [6.07, 6.45) is 1.19. The minimum atomic E-state index is -0.207. The summed E-state index contributed by atoms with van der Waals surface area (Å²) in [4.78, 5) is 11.8. The summed E-state index contributed by atoms with van der Waals surface area (Å²) in [5, 5.41) is 3.47. The van der Waals surface area contributed by atoms with Gasteiger partial charge in [0.05, 0.1) is 13.0 Å². The number of hydrogen-bond donors (Lipinski definition) is 1. The molecule has 0 amide bonds. The molecule has 2 unspecified atom stereocenters. The smallest absolute Gasteiger partial charge is 0.314 e. The summed E-state index contributed by atoms with van der Waals surface area (Å²) >= 11 is 1.97. The average molecular weight is 265 g/mol. The Bertz CT molecular complexity index is 377. The predicted octanol–water partition coefficient (Wildman–Crippen LogP) is 2.04. The lowest BCUT2D eigenvalue weighted by Gasteiger charge is -2.18. The molecule has 0 aromatic heterocycles. The SMILES string of the molecule is COC(=O)C(CNC1CCSC1)c1ccccc1. The number of ether oxygens (including phenoxy) is 1. The van der Waals surface area contributed by atoms with E-state index in [0.29, 0.717) is 12.6 Å². The Hall–Kier alpha value is -1.00. The largest absolute Gasteiger partial charge is 0.469 e. The van der Waals surface area contributed by atoms with E-state index in [1.807, 2.05) is 42.1 Å². The molecule has 2 rings (SSSR count). The summed E-state index contributed by atoms with van der Waals surface area (Å²) in [5.41, 5.74) is 1.02. The van der Waals surface area contributed by atoms with Crippen LogP contribution in [0, 0.1) is 0 Å². The summed E-state index contributed by atoms with van der Waals surface area (Å²) in [7, 11) is 1.45. The van der Waals surface area contributed by atoms with Crippen molar-refractivity contribution in [2.24, 2.45) is 0 Å². The number of carbonyl (C=O) groups excluding carboxylic acids is 1. The second-order valence-electron chi connectivity index (χ2n) is 4.46. The molecule has 3 nitrogen and oxygen atoms in total. The molecular formula is C14H19NO2S. The van der Waals surface area contributed by atoms with Crippen LogP contribution in [0.5, 0.6) is 0 Å². The van der Waals surface area contributed by atoms with Gasteiger partial charge in [-0.15, -0.1) is 0 Å². The summed E-state index contributed by atoms with van der Waals surface area (Å²) in [5.74, 6) is 1.98. The first-order valence-electron chi connectivity index (χ1n) is 6.25. The Balaban J connectivity index is 1.99. The normalized spacial score (nSPS) is 20.6. The molecule has 1 aliphatic heterocycles. The van der Waals surface area contributed by atoms with Crippen LogP contribution < -0.4 is 5.32 Å². The second kappa shape index (κ2) is 6.81. The highest BCUT2D eigenvalue weighted by Gasteiger charge is 2.23. The third-order valence-corrected chi connectivity index (χ3v) is 4.39. The van der Waals surface area contributed by atoms with Gasteiger partial charge in [-0.05, 0) is 17.7 Å². The van der Waals surface area contributed by atoms with Crippen molar-refractivity contribution in [3.63, 3.8) is 0 Å². The first kappa shape index (κ1) is 13.4. The molecular weight excluding hydrogens is 246 g/mol. The summed E-state index contributed by atoms with van der Waals surface area (Å²) in [6.45, 7) is 0.655. The van der Waals surface area contributed by atoms with Crippen molar-refractivity contribution in [3.8, 4) is 0 Å². The van der Waals surface area contributed by atoms with E-state index in [2.05, 4.69) is 5.32 Å². The molecule has 18 heavy (non-hydrogen) atoms. The zero-order valence-electron chi connectivity index (χ0n) is 10.6. The van der Waals surface area contributed by atoms with Gasteiger partial charge >= 0.3 is 5.97 Å². The van der Waals surface area contributed by atoms with Gasteiger partial charge in [0.15, 0.2) is 0 Å². The van der Waals surface area contributed by atoms with Crippen molar-refractivity contribution in [1.29, 1.82) is 0 Å². The van der Waals surface area contributed by atoms with E-state index < -0.39 is 0 Å². The molecule has 1 aliphatic rings. The van der Waals surface area contributed by atoms with Gasteiger partial charge in [0.2, 0.25) is 0 Å². The van der Waals surface area contributed by atoms with E-state index in [4.69, 9.17) is 4.74 Å². The molecule has 2 atom stereocenters. The number of rotatable bonds is 5. The minimum absolute atomic E-state index is 0.167. The molecule has 0 saturated carbocycles. The van der Waals surface area contributed by atoms with E-state index in [1.54, 1.807) is 0 Å². The lowest BCUT2D eigenvalue weighted by molar-refractivity contribution is -0.142. The van der Waals surface area contributed by atoms with Crippen LogP contribution in [0.4, 0.5) is 0 Å². The Labute approximate surface area is 112 Å². The Morgan fingerprint density at radius 2 is 2.28 bits per heavy atom. The van der Waals surface area contributed by atoms with Crippen LogP contribution in [-0.2, 0) is 9.53 Å². The van der Waals surface area contributed by atoms with Crippen molar-refractivity contribution in [2.75, 3.05) is 25.2 Å². The molecule has 0 bridgehead atoms. The average Bonchev–Trinajstić information content (AvgIpc) is 2.93. The zero-order chi connectivity index (χ0) is 12.8. The molecule has 0 aliphatic carbocycles. The second-order valence-corrected chi connectivity index (χ2v) is 5.61. The molecule has 4 heteroatoms. The number of thioether (sulfide) groups is 1. The maximum atomic E-state index is 11.8. The monoisotopic (exact) mass is 265 g/mol. The fourth-order valence-electron chi connectivity index (χ4n) is 2.14. The number of esters is 1. The molecule has 98 valence electrons. The van der Waals surface area contributed by atoms with E-state index in [1.165, 1.54) is 19.3 Å². The van der Waals surface area contributed by atoms with E-state index in [0.717, 1.165) is 11.3 Å². The highest BCUT2D eigenvalue weighted by molar-refractivity contribution is 7.99. The molecule has 0 spiro atoms. The van der Waals surface area contributed by atoms with Crippen LogP contribution in [-0.4, -0.2) is 37.2 Å². The molecule has 1 fully saturated rings. The Kier molecular flexibility index (Phi) is 5.08. The van der Waals surface area contributed by atoms with Gasteiger partial charge in [-0.1, -0.05) is 30.3 Å². The number of nitrogens with one attached hydrogen (secondary N) is 1. The van der Waals surface area contributed by atoms with Gasteiger partial charge in [0, 0.05) is 18.3 Å². The topological polar surface area (TPSA) is 38.3 Å². The van der Waals surface area contributed by atoms with E-state index >= 15 is 0 Å². The minimum Gasteiger partial charge on any atom is -0.469 e. The van der Waals surface area contributed by atoms with Crippen LogP contribution >= 0.6 is 11.8 Å². The van der Waals surface area contributed by atoms with E-state index in [-0.39, 0.29) is 11.9 Å². The van der Waals surface area contributed by atoms with Gasteiger partial charge in [-0.25, -0.2) is 0 Å². The van der Waals surface area contributed by atoms with E-state index in [9.17, 15) is 4.79 Å². The fourth-order valence-corrected chi connectivity index (χ4v) is 3.33. The van der Waals surface area contributed by atoms with Crippen LogP contribution in [0.1, 0.15) is 17.9 Å². The third kappa shape index (κ3) is 3.50. The first-order chi connectivity index (χ1) is 8.81. The molecule has 1 saturated heterocycles. The van der Waals surface area contributed by atoms with Crippen molar-refractivity contribution in [3.05, 3.63) is 35.9 Å². The van der Waals surface area contributed by atoms with Crippen LogP contribution in [0.2, 0.25) is 0 Å². The van der Waals surface area contributed by atoms with Crippen molar-refractivity contribution < 1.29 is 9.53 Å². The maximum absolute atomic E-state index is 11.8. The zero-order valence-corrected chi connectivity index (χ0v) is 11.4. The van der Waals surface area contributed by atoms with Crippen molar-refractivity contribution in [2.45, 2.75) is 18.4 Å². The Morgan fingerprint density at radius 3 is 2.89 bits per heavy atom. The van der Waals surface area contributed by atoms with Gasteiger partial charge in [0.25, 0.3) is 0 Å². The van der Waals surface area contributed by atoms with Crippen molar-refractivity contribution >= 4 is 17.7 Å². The molecule has 1 aromatic rings. The maximum Gasteiger partial charge on any atom is 0.314 e. The van der Waals surface area contributed by atoms with Gasteiger partial charge in [0.1, 0.15) is 0 Å². The van der Waals surface area contributed by atoms with Gasteiger partial charge in [-0.2, -0.15) is 11.8 Å². The molecule has 1 heterocycles. The summed E-state index contributed by atoms with van der Waals surface area (Å²) in [6, 6.07) is 10.4. The van der Waals surface area contributed by atoms with Gasteiger partial charge in [-0.3, -0.25) is 4.79 Å². The quantitative estimate of drug-likeness (QED) is 0.827. The lowest BCUT2D eigenvalue weighted by atomic mass is 9.99. The highest BCUT2D eigenvalue weighted by atomic mass is 32.2. The molecule has 1 N–H and O–H groups in total. The van der Waals surface area contributed by atoms with Gasteiger partial charge < -0.3 is 10.1 Å². The lowest BCUT2D eigenvalue weighted by Crippen LogP contribution is -2.35. The fraction of sp³-hybridized carbons (Fsp3) is 0.500. The number of benzene rings is 1. The third-order valence-electron chi connectivity index (χ3n) is 3.23. The number of carbonyl (C=O) groups is 1. The molecule has 1 aromatic carbocycles. The standard InChI is InChI=1S/C14H19NO2S/c1-17-14(16)13(11-5-3-2-4-6-11)9-15-12-7-8-18-10-12/h2-6,12-13,15H,7-10H2,1H3. The first-order valence-corrected chi connectivity index (χ1v) is 7.40.